The molecule has 0 atom stereocenters. The van der Waals surface area contributed by atoms with Gasteiger partial charge in [0.1, 0.15) is 0 Å². The first-order valence-corrected chi connectivity index (χ1v) is 10.5. The standard InChI is InChI=1S/C21H19BrN2O5S/c1-4-24-19(25)17(11-12-9-15(22)18(29-3)16(10-12)28-2)30-21(24)23-14-7-5-13(6-8-14)20(26)27/h5-11H,4H2,1-3H3,(H,26,27)/b17-11+,23-21?. The summed E-state index contributed by atoms with van der Waals surface area (Å²) in [5, 5.41) is 9.56. The number of rotatable bonds is 6. The number of nitrogens with zero attached hydrogens (tertiary/aromatic N) is 2. The zero-order chi connectivity index (χ0) is 21.8. The quantitative estimate of drug-likeness (QED) is 0.585. The number of hydrogen-bond acceptors (Lipinski definition) is 6. The van der Waals surface area contributed by atoms with Crippen LogP contribution in [0.5, 0.6) is 11.5 Å². The molecule has 1 fully saturated rings. The highest BCUT2D eigenvalue weighted by molar-refractivity contribution is 9.10. The number of thioether (sulfide) groups is 1. The molecule has 9 heteroatoms. The molecule has 3 rings (SSSR count). The second-order valence-electron chi connectivity index (χ2n) is 6.14. The van der Waals surface area contributed by atoms with Gasteiger partial charge in [0.2, 0.25) is 0 Å². The number of aromatic carboxylic acids is 1. The summed E-state index contributed by atoms with van der Waals surface area (Å²) < 4.78 is 11.4. The van der Waals surface area contributed by atoms with Crippen LogP contribution < -0.4 is 9.47 Å². The fraction of sp³-hybridized carbons (Fsp3) is 0.190. The Balaban J connectivity index is 1.94. The molecule has 0 aromatic heterocycles. The number of likely N-dealkylation sites (N-methyl/N-ethyl adjacent to an activating group) is 1. The average Bonchev–Trinajstić information content (AvgIpc) is 3.01. The Bertz CT molecular complexity index is 1050. The molecule has 0 spiro atoms. The molecule has 0 unspecified atom stereocenters. The summed E-state index contributed by atoms with van der Waals surface area (Å²) in [5.74, 6) is -0.0170. The number of ether oxygens (including phenoxy) is 2. The second-order valence-corrected chi connectivity index (χ2v) is 8.01. The summed E-state index contributed by atoms with van der Waals surface area (Å²) >= 11 is 4.72. The maximum absolute atomic E-state index is 12.9. The Kier molecular flexibility index (Phi) is 6.84. The minimum atomic E-state index is -0.999. The van der Waals surface area contributed by atoms with Gasteiger partial charge in [-0.25, -0.2) is 9.79 Å². The Morgan fingerprint density at radius 3 is 2.50 bits per heavy atom. The SMILES string of the molecule is CCN1C(=O)/C(=C\c2cc(Br)c(OC)c(OC)c2)SC1=Nc1ccc(C(=O)O)cc1. The Morgan fingerprint density at radius 1 is 1.23 bits per heavy atom. The van der Waals surface area contributed by atoms with Gasteiger partial charge in [-0.3, -0.25) is 9.69 Å². The van der Waals surface area contributed by atoms with Crippen LogP contribution in [0.1, 0.15) is 22.8 Å². The summed E-state index contributed by atoms with van der Waals surface area (Å²) in [5.41, 5.74) is 1.53. The van der Waals surface area contributed by atoms with E-state index in [0.717, 1.165) is 5.56 Å². The summed E-state index contributed by atoms with van der Waals surface area (Å²) in [6.07, 6.45) is 1.78. The molecule has 1 amide bonds. The van der Waals surface area contributed by atoms with E-state index in [0.29, 0.717) is 38.3 Å². The number of aliphatic imine (C=N–C) groups is 1. The van der Waals surface area contributed by atoms with E-state index < -0.39 is 5.97 Å². The lowest BCUT2D eigenvalue weighted by Crippen LogP contribution is -2.28. The third-order valence-electron chi connectivity index (χ3n) is 4.30. The van der Waals surface area contributed by atoms with Crippen molar-refractivity contribution in [2.24, 2.45) is 4.99 Å². The van der Waals surface area contributed by atoms with E-state index in [9.17, 15) is 9.59 Å². The third kappa shape index (κ3) is 4.52. The van der Waals surface area contributed by atoms with Gasteiger partial charge in [0.25, 0.3) is 5.91 Å². The van der Waals surface area contributed by atoms with Crippen molar-refractivity contribution in [1.82, 2.24) is 4.90 Å². The lowest BCUT2D eigenvalue weighted by molar-refractivity contribution is -0.122. The van der Waals surface area contributed by atoms with Gasteiger partial charge in [0, 0.05) is 6.54 Å². The van der Waals surface area contributed by atoms with Crippen molar-refractivity contribution >= 4 is 56.5 Å². The van der Waals surface area contributed by atoms with Crippen LogP contribution in [0.4, 0.5) is 5.69 Å². The number of carboxylic acid groups (broad SMARTS) is 1. The van der Waals surface area contributed by atoms with Crippen molar-refractivity contribution in [1.29, 1.82) is 0 Å². The number of hydrogen-bond donors (Lipinski definition) is 1. The van der Waals surface area contributed by atoms with Crippen LogP contribution in [0.2, 0.25) is 0 Å². The minimum absolute atomic E-state index is 0.144. The highest BCUT2D eigenvalue weighted by Crippen LogP contribution is 2.39. The van der Waals surface area contributed by atoms with E-state index in [1.165, 1.54) is 23.9 Å². The number of carbonyl (C=O) groups is 2. The molecule has 156 valence electrons. The van der Waals surface area contributed by atoms with Crippen molar-refractivity contribution in [3.8, 4) is 11.5 Å². The molecule has 1 heterocycles. The molecule has 30 heavy (non-hydrogen) atoms. The van der Waals surface area contributed by atoms with Crippen molar-refractivity contribution in [3.05, 3.63) is 56.9 Å². The van der Waals surface area contributed by atoms with Crippen LogP contribution in [0.25, 0.3) is 6.08 Å². The third-order valence-corrected chi connectivity index (χ3v) is 5.89. The molecule has 2 aromatic rings. The van der Waals surface area contributed by atoms with Gasteiger partial charge in [-0.05, 0) is 82.7 Å². The minimum Gasteiger partial charge on any atom is -0.493 e. The average molecular weight is 491 g/mol. The van der Waals surface area contributed by atoms with Gasteiger partial charge >= 0.3 is 5.97 Å². The molecule has 0 aliphatic carbocycles. The van der Waals surface area contributed by atoms with Crippen LogP contribution in [0.3, 0.4) is 0 Å². The molecule has 1 saturated heterocycles. The first kappa shape index (κ1) is 21.9. The smallest absolute Gasteiger partial charge is 0.335 e. The number of carboxylic acids is 1. The van der Waals surface area contributed by atoms with Crippen LogP contribution >= 0.6 is 27.7 Å². The number of amides is 1. The maximum Gasteiger partial charge on any atom is 0.335 e. The number of carbonyl (C=O) groups excluding carboxylic acids is 1. The molecule has 1 aliphatic heterocycles. The molecule has 0 radical (unpaired) electrons. The van der Waals surface area contributed by atoms with Gasteiger partial charge in [0.05, 0.1) is 34.8 Å². The zero-order valence-electron chi connectivity index (χ0n) is 16.5. The van der Waals surface area contributed by atoms with Crippen LogP contribution in [-0.4, -0.2) is 47.8 Å². The van der Waals surface area contributed by atoms with E-state index >= 15 is 0 Å². The molecule has 1 aliphatic rings. The fourth-order valence-electron chi connectivity index (χ4n) is 2.83. The summed E-state index contributed by atoms with van der Waals surface area (Å²) in [6.45, 7) is 2.34. The van der Waals surface area contributed by atoms with E-state index in [4.69, 9.17) is 14.6 Å². The van der Waals surface area contributed by atoms with E-state index in [-0.39, 0.29) is 11.5 Å². The van der Waals surface area contributed by atoms with Crippen molar-refractivity contribution in [2.45, 2.75) is 6.92 Å². The van der Waals surface area contributed by atoms with Crippen molar-refractivity contribution in [2.75, 3.05) is 20.8 Å². The zero-order valence-corrected chi connectivity index (χ0v) is 18.9. The summed E-state index contributed by atoms with van der Waals surface area (Å²) in [7, 11) is 3.11. The predicted molar refractivity (Wildman–Crippen MR) is 121 cm³/mol. The molecular weight excluding hydrogens is 472 g/mol. The monoisotopic (exact) mass is 490 g/mol. The number of methoxy groups -OCH3 is 2. The number of halogens is 1. The van der Waals surface area contributed by atoms with Crippen LogP contribution in [-0.2, 0) is 4.79 Å². The molecular formula is C21H19BrN2O5S. The van der Waals surface area contributed by atoms with Crippen molar-refractivity contribution < 1.29 is 24.2 Å². The lowest BCUT2D eigenvalue weighted by Gasteiger charge is -2.12. The normalized spacial score (nSPS) is 16.4. The van der Waals surface area contributed by atoms with E-state index in [1.54, 1.807) is 43.4 Å². The summed E-state index contributed by atoms with van der Waals surface area (Å²) in [6, 6.07) is 9.83. The molecule has 7 nitrogen and oxygen atoms in total. The predicted octanol–water partition coefficient (Wildman–Crippen LogP) is 4.79. The first-order valence-electron chi connectivity index (χ1n) is 8.93. The van der Waals surface area contributed by atoms with E-state index in [2.05, 4.69) is 20.9 Å². The van der Waals surface area contributed by atoms with Gasteiger partial charge in [0.15, 0.2) is 16.7 Å². The lowest BCUT2D eigenvalue weighted by atomic mass is 10.2. The highest BCUT2D eigenvalue weighted by atomic mass is 79.9. The summed E-state index contributed by atoms with van der Waals surface area (Å²) in [4.78, 5) is 30.5. The molecule has 0 bridgehead atoms. The molecule has 2 aromatic carbocycles. The maximum atomic E-state index is 12.9. The number of benzene rings is 2. The van der Waals surface area contributed by atoms with Gasteiger partial charge in [-0.2, -0.15) is 0 Å². The topological polar surface area (TPSA) is 88.4 Å². The van der Waals surface area contributed by atoms with Crippen molar-refractivity contribution in [3.63, 3.8) is 0 Å². The van der Waals surface area contributed by atoms with Crippen LogP contribution in [0.15, 0.2) is 50.8 Å². The largest absolute Gasteiger partial charge is 0.493 e. The first-order chi connectivity index (χ1) is 14.4. The van der Waals surface area contributed by atoms with Gasteiger partial charge in [-0.15, -0.1) is 0 Å². The highest BCUT2D eigenvalue weighted by Gasteiger charge is 2.32. The molecule has 0 saturated carbocycles. The fourth-order valence-corrected chi connectivity index (χ4v) is 4.52. The number of amidine groups is 1. The van der Waals surface area contributed by atoms with Gasteiger partial charge < -0.3 is 14.6 Å². The van der Waals surface area contributed by atoms with Crippen LogP contribution in [0, 0.1) is 0 Å². The Hall–Kier alpha value is -2.78. The Labute approximate surface area is 186 Å². The van der Waals surface area contributed by atoms with Gasteiger partial charge in [-0.1, -0.05) is 0 Å². The molecule has 1 N–H and O–H groups in total. The van der Waals surface area contributed by atoms with E-state index in [1.807, 2.05) is 13.0 Å². The Morgan fingerprint density at radius 2 is 1.93 bits per heavy atom. The second kappa shape index (κ2) is 9.36.